The van der Waals surface area contributed by atoms with E-state index in [1.165, 1.54) is 12.5 Å². The van der Waals surface area contributed by atoms with Crippen molar-refractivity contribution in [1.82, 2.24) is 14.9 Å². The van der Waals surface area contributed by atoms with Crippen molar-refractivity contribution in [2.24, 2.45) is 0 Å². The van der Waals surface area contributed by atoms with E-state index in [0.29, 0.717) is 31.9 Å². The molecule has 0 spiro atoms. The zero-order valence-electron chi connectivity index (χ0n) is 14.9. The lowest BCUT2D eigenvalue weighted by molar-refractivity contribution is 0.0746. The first-order chi connectivity index (χ1) is 12.7. The molecule has 0 saturated carbocycles. The summed E-state index contributed by atoms with van der Waals surface area (Å²) in [6, 6.07) is 3.72. The van der Waals surface area contributed by atoms with E-state index < -0.39 is 0 Å². The van der Waals surface area contributed by atoms with Crippen molar-refractivity contribution < 1.29 is 13.9 Å². The SMILES string of the molecule is Cc1cc(N2CCN(C(=O)c3ccoc3)CC2)nc(N2CCOCC2)n1. The molecule has 0 unspecified atom stereocenters. The van der Waals surface area contributed by atoms with Crippen LogP contribution in [0.3, 0.4) is 0 Å². The molecule has 138 valence electrons. The third kappa shape index (κ3) is 3.50. The number of piperazine rings is 1. The van der Waals surface area contributed by atoms with Crippen LogP contribution in [0.5, 0.6) is 0 Å². The van der Waals surface area contributed by atoms with Crippen LogP contribution in [0.25, 0.3) is 0 Å². The number of anilines is 2. The molecule has 26 heavy (non-hydrogen) atoms. The first kappa shape index (κ1) is 16.8. The quantitative estimate of drug-likeness (QED) is 0.816. The standard InChI is InChI=1S/C18H23N5O3/c1-14-12-16(20-18(19-14)23-7-10-25-11-8-23)21-3-5-22(6-4-21)17(24)15-2-9-26-13-15/h2,9,12-13H,3-8,10-11H2,1H3. The average Bonchev–Trinajstić information content (AvgIpc) is 3.22. The molecule has 4 heterocycles. The summed E-state index contributed by atoms with van der Waals surface area (Å²) >= 11 is 0. The summed E-state index contributed by atoms with van der Waals surface area (Å²) in [7, 11) is 0. The van der Waals surface area contributed by atoms with Crippen LogP contribution >= 0.6 is 0 Å². The van der Waals surface area contributed by atoms with Crippen molar-refractivity contribution in [3.8, 4) is 0 Å². The second-order valence-electron chi connectivity index (χ2n) is 6.56. The lowest BCUT2D eigenvalue weighted by Gasteiger charge is -2.36. The fourth-order valence-corrected chi connectivity index (χ4v) is 3.31. The number of carbonyl (C=O) groups is 1. The number of ether oxygens (including phenoxy) is 1. The lowest BCUT2D eigenvalue weighted by Crippen LogP contribution is -2.49. The number of hydrogen-bond acceptors (Lipinski definition) is 7. The van der Waals surface area contributed by atoms with Crippen LogP contribution in [-0.4, -0.2) is 73.3 Å². The van der Waals surface area contributed by atoms with Crippen LogP contribution in [0, 0.1) is 6.92 Å². The van der Waals surface area contributed by atoms with Gasteiger partial charge in [-0.15, -0.1) is 0 Å². The van der Waals surface area contributed by atoms with Gasteiger partial charge < -0.3 is 23.9 Å². The maximum atomic E-state index is 12.4. The van der Waals surface area contributed by atoms with E-state index in [1.54, 1.807) is 6.07 Å². The maximum Gasteiger partial charge on any atom is 0.257 e. The van der Waals surface area contributed by atoms with Crippen LogP contribution in [0.15, 0.2) is 29.1 Å². The van der Waals surface area contributed by atoms with E-state index in [1.807, 2.05) is 17.9 Å². The predicted octanol–water partition coefficient (Wildman–Crippen LogP) is 1.18. The Bertz CT molecular complexity index is 750. The van der Waals surface area contributed by atoms with Crippen LogP contribution in [0.1, 0.15) is 16.1 Å². The number of rotatable bonds is 3. The summed E-state index contributed by atoms with van der Waals surface area (Å²) < 4.78 is 10.4. The van der Waals surface area contributed by atoms with E-state index in [9.17, 15) is 4.79 Å². The summed E-state index contributed by atoms with van der Waals surface area (Å²) in [4.78, 5) is 28.0. The predicted molar refractivity (Wildman–Crippen MR) is 96.6 cm³/mol. The molecule has 1 amide bonds. The van der Waals surface area contributed by atoms with E-state index in [-0.39, 0.29) is 5.91 Å². The molecule has 2 saturated heterocycles. The number of nitrogens with zero attached hydrogens (tertiary/aromatic N) is 5. The molecule has 2 aliphatic heterocycles. The number of hydrogen-bond donors (Lipinski definition) is 0. The van der Waals surface area contributed by atoms with Crippen LogP contribution < -0.4 is 9.80 Å². The van der Waals surface area contributed by atoms with Crippen LogP contribution in [0.2, 0.25) is 0 Å². The van der Waals surface area contributed by atoms with E-state index in [2.05, 4.69) is 14.8 Å². The van der Waals surface area contributed by atoms with Gasteiger partial charge in [0.15, 0.2) is 0 Å². The highest BCUT2D eigenvalue weighted by molar-refractivity contribution is 5.94. The zero-order valence-corrected chi connectivity index (χ0v) is 14.9. The molecule has 0 aromatic carbocycles. The minimum absolute atomic E-state index is 0.0197. The molecule has 0 aliphatic carbocycles. The molecule has 2 aliphatic rings. The van der Waals surface area contributed by atoms with Crippen molar-refractivity contribution >= 4 is 17.7 Å². The Hall–Kier alpha value is -2.61. The Morgan fingerprint density at radius 3 is 2.50 bits per heavy atom. The highest BCUT2D eigenvalue weighted by Gasteiger charge is 2.24. The summed E-state index contributed by atoms with van der Waals surface area (Å²) in [6.07, 6.45) is 3.03. The van der Waals surface area contributed by atoms with Crippen LogP contribution in [0.4, 0.5) is 11.8 Å². The van der Waals surface area contributed by atoms with Crippen LogP contribution in [-0.2, 0) is 4.74 Å². The number of amides is 1. The molecule has 2 aromatic rings. The monoisotopic (exact) mass is 357 g/mol. The lowest BCUT2D eigenvalue weighted by atomic mass is 10.2. The fraction of sp³-hybridized carbons (Fsp3) is 0.500. The Morgan fingerprint density at radius 1 is 1.04 bits per heavy atom. The molecule has 0 N–H and O–H groups in total. The number of furan rings is 1. The molecule has 0 bridgehead atoms. The number of carbonyl (C=O) groups excluding carboxylic acids is 1. The maximum absolute atomic E-state index is 12.4. The number of aryl methyl sites for hydroxylation is 1. The minimum atomic E-state index is 0.0197. The van der Waals surface area contributed by atoms with E-state index in [0.717, 1.165) is 43.6 Å². The first-order valence-electron chi connectivity index (χ1n) is 8.95. The smallest absolute Gasteiger partial charge is 0.257 e. The van der Waals surface area contributed by atoms with Crippen molar-refractivity contribution in [1.29, 1.82) is 0 Å². The Morgan fingerprint density at radius 2 is 1.81 bits per heavy atom. The molecule has 2 aromatic heterocycles. The van der Waals surface area contributed by atoms with E-state index in [4.69, 9.17) is 14.1 Å². The summed E-state index contributed by atoms with van der Waals surface area (Å²) in [5, 5.41) is 0. The molecule has 4 rings (SSSR count). The van der Waals surface area contributed by atoms with Crippen molar-refractivity contribution in [3.05, 3.63) is 35.9 Å². The van der Waals surface area contributed by atoms with Gasteiger partial charge in [-0.3, -0.25) is 4.79 Å². The Labute approximate surface area is 152 Å². The summed E-state index contributed by atoms with van der Waals surface area (Å²) in [5.74, 6) is 1.71. The molecule has 0 radical (unpaired) electrons. The Kier molecular flexibility index (Phi) is 4.75. The topological polar surface area (TPSA) is 74.9 Å². The average molecular weight is 357 g/mol. The third-order valence-corrected chi connectivity index (χ3v) is 4.78. The second-order valence-corrected chi connectivity index (χ2v) is 6.56. The Balaban J connectivity index is 1.44. The van der Waals surface area contributed by atoms with Crippen molar-refractivity contribution in [3.63, 3.8) is 0 Å². The van der Waals surface area contributed by atoms with Gasteiger partial charge >= 0.3 is 0 Å². The molecular weight excluding hydrogens is 334 g/mol. The van der Waals surface area contributed by atoms with Gasteiger partial charge in [0.2, 0.25) is 5.95 Å². The molecule has 0 atom stereocenters. The van der Waals surface area contributed by atoms with E-state index >= 15 is 0 Å². The van der Waals surface area contributed by atoms with Gasteiger partial charge in [0.25, 0.3) is 5.91 Å². The van der Waals surface area contributed by atoms with Gasteiger partial charge in [-0.05, 0) is 13.0 Å². The molecule has 8 heteroatoms. The highest BCUT2D eigenvalue weighted by Crippen LogP contribution is 2.20. The molecule has 2 fully saturated rings. The number of morpholine rings is 1. The minimum Gasteiger partial charge on any atom is -0.472 e. The summed E-state index contributed by atoms with van der Waals surface area (Å²) in [6.45, 7) is 7.88. The molecule has 8 nitrogen and oxygen atoms in total. The zero-order chi connectivity index (χ0) is 17.9. The number of aromatic nitrogens is 2. The van der Waals surface area contributed by atoms with Crippen molar-refractivity contribution in [2.45, 2.75) is 6.92 Å². The summed E-state index contributed by atoms with van der Waals surface area (Å²) in [5.41, 5.74) is 1.55. The van der Waals surface area contributed by atoms with Gasteiger partial charge in [0.1, 0.15) is 12.1 Å². The largest absolute Gasteiger partial charge is 0.472 e. The highest BCUT2D eigenvalue weighted by atomic mass is 16.5. The van der Waals surface area contributed by atoms with Gasteiger partial charge in [-0.25, -0.2) is 4.98 Å². The van der Waals surface area contributed by atoms with Gasteiger partial charge in [-0.1, -0.05) is 0 Å². The van der Waals surface area contributed by atoms with Gasteiger partial charge in [0, 0.05) is 51.0 Å². The molecular formula is C18H23N5O3. The first-order valence-corrected chi connectivity index (χ1v) is 8.95. The van der Waals surface area contributed by atoms with Gasteiger partial charge in [-0.2, -0.15) is 4.98 Å². The van der Waals surface area contributed by atoms with Crippen molar-refractivity contribution in [2.75, 3.05) is 62.3 Å². The third-order valence-electron chi connectivity index (χ3n) is 4.78. The second kappa shape index (κ2) is 7.33. The van der Waals surface area contributed by atoms with Gasteiger partial charge in [0.05, 0.1) is 25.0 Å². The fourth-order valence-electron chi connectivity index (χ4n) is 3.31. The normalized spacial score (nSPS) is 18.3.